The first kappa shape index (κ1) is 17.9. The molecule has 0 spiro atoms. The smallest absolute Gasteiger partial charge is 0.216 e. The Kier molecular flexibility index (Phi) is 4.65. The average molecular weight is 368 g/mol. The van der Waals surface area contributed by atoms with E-state index in [0.29, 0.717) is 16.2 Å². The first-order chi connectivity index (χ1) is 12.3. The van der Waals surface area contributed by atoms with Crippen molar-refractivity contribution in [2.75, 3.05) is 0 Å². The largest absolute Gasteiger partial charge is 0.504 e. The molecule has 0 saturated heterocycles. The molecule has 0 atom stereocenters. The average Bonchev–Trinajstić information content (AvgIpc) is 2.96. The number of phenolic OH excluding ortho intramolecular Hbond substituents is 2. The van der Waals surface area contributed by atoms with Crippen molar-refractivity contribution in [3.63, 3.8) is 0 Å². The number of hydrogen-bond acceptors (Lipinski definition) is 5. The van der Waals surface area contributed by atoms with Gasteiger partial charge in [-0.25, -0.2) is 5.10 Å². The Bertz CT molecular complexity index is 1010. The second kappa shape index (κ2) is 6.76. The highest BCUT2D eigenvalue weighted by Gasteiger charge is 2.14. The third-order valence-corrected chi connectivity index (χ3v) is 4.25. The van der Waals surface area contributed by atoms with E-state index in [2.05, 4.69) is 48.2 Å². The Morgan fingerprint density at radius 2 is 1.77 bits per heavy atom. The molecule has 3 rings (SSSR count). The number of aromatic amines is 1. The highest BCUT2D eigenvalue weighted by atomic mass is 32.1. The molecule has 2 aromatic carbocycles. The molecule has 0 radical (unpaired) electrons. The predicted octanol–water partition coefficient (Wildman–Crippen LogP) is 4.20. The van der Waals surface area contributed by atoms with Gasteiger partial charge in [-0.2, -0.15) is 14.9 Å². The van der Waals surface area contributed by atoms with Crippen molar-refractivity contribution < 1.29 is 10.2 Å². The molecule has 6 nitrogen and oxygen atoms in total. The number of H-pyrrole nitrogens is 1. The van der Waals surface area contributed by atoms with Crippen LogP contribution in [0.2, 0.25) is 0 Å². The lowest BCUT2D eigenvalue weighted by Crippen LogP contribution is -2.10. The lowest BCUT2D eigenvalue weighted by atomic mass is 9.87. The summed E-state index contributed by atoms with van der Waals surface area (Å²) in [5.41, 5.74) is 2.81. The number of hydrogen-bond donors (Lipinski definition) is 3. The third-order valence-electron chi connectivity index (χ3n) is 3.98. The lowest BCUT2D eigenvalue weighted by molar-refractivity contribution is 0.403. The molecule has 0 aliphatic heterocycles. The van der Waals surface area contributed by atoms with Gasteiger partial charge >= 0.3 is 0 Å². The van der Waals surface area contributed by atoms with Crippen LogP contribution in [0.15, 0.2) is 47.6 Å². The van der Waals surface area contributed by atoms with Crippen molar-refractivity contribution in [3.8, 4) is 22.9 Å². The van der Waals surface area contributed by atoms with Gasteiger partial charge in [0.05, 0.1) is 6.21 Å². The van der Waals surface area contributed by atoms with Crippen molar-refractivity contribution in [1.82, 2.24) is 14.9 Å². The van der Waals surface area contributed by atoms with Gasteiger partial charge in [0, 0.05) is 5.56 Å². The van der Waals surface area contributed by atoms with Crippen LogP contribution in [0, 0.1) is 4.77 Å². The molecule has 1 aromatic heterocycles. The van der Waals surface area contributed by atoms with Crippen LogP contribution < -0.4 is 0 Å². The maximum atomic E-state index is 9.58. The van der Waals surface area contributed by atoms with Crippen molar-refractivity contribution in [2.45, 2.75) is 26.2 Å². The Labute approximate surface area is 156 Å². The van der Waals surface area contributed by atoms with Crippen molar-refractivity contribution >= 4 is 18.4 Å². The van der Waals surface area contributed by atoms with Crippen molar-refractivity contribution in [2.24, 2.45) is 5.10 Å². The summed E-state index contributed by atoms with van der Waals surface area (Å²) in [6.07, 6.45) is 1.54. The molecule has 0 bridgehead atoms. The van der Waals surface area contributed by atoms with Gasteiger partial charge in [0.15, 0.2) is 17.3 Å². The molecule has 0 aliphatic carbocycles. The Morgan fingerprint density at radius 1 is 1.08 bits per heavy atom. The molecule has 1 heterocycles. The number of rotatable bonds is 3. The fourth-order valence-electron chi connectivity index (χ4n) is 2.45. The normalized spacial score (nSPS) is 12.0. The standard InChI is InChI=1S/C19H20N4O2S/c1-19(2,3)14-7-5-13(6-8-14)17-21-22-18(26)23(17)20-11-12-4-9-15(24)16(25)10-12/h4-11,24-25H,1-3H3,(H,22,26). The predicted molar refractivity (Wildman–Crippen MR) is 104 cm³/mol. The van der Waals surface area contributed by atoms with E-state index in [4.69, 9.17) is 12.2 Å². The van der Waals surface area contributed by atoms with Crippen LogP contribution in [0.1, 0.15) is 31.9 Å². The molecule has 134 valence electrons. The van der Waals surface area contributed by atoms with Gasteiger partial charge in [0.1, 0.15) is 0 Å². The van der Waals surface area contributed by atoms with Gasteiger partial charge in [-0.3, -0.25) is 0 Å². The van der Waals surface area contributed by atoms with E-state index < -0.39 is 0 Å². The van der Waals surface area contributed by atoms with Crippen LogP contribution in [-0.4, -0.2) is 31.3 Å². The highest BCUT2D eigenvalue weighted by Crippen LogP contribution is 2.26. The van der Waals surface area contributed by atoms with Gasteiger partial charge in [-0.05, 0) is 47.0 Å². The molecule has 0 saturated carbocycles. The Balaban J connectivity index is 1.95. The monoisotopic (exact) mass is 368 g/mol. The summed E-state index contributed by atoms with van der Waals surface area (Å²) in [5.74, 6) is 0.208. The second-order valence-corrected chi connectivity index (χ2v) is 7.37. The second-order valence-electron chi connectivity index (χ2n) is 6.98. The fraction of sp³-hybridized carbons (Fsp3) is 0.211. The molecule has 0 aliphatic rings. The molecule has 26 heavy (non-hydrogen) atoms. The zero-order valence-corrected chi connectivity index (χ0v) is 15.6. The minimum atomic E-state index is -0.206. The maximum Gasteiger partial charge on any atom is 0.216 e. The molecule has 7 heteroatoms. The summed E-state index contributed by atoms with van der Waals surface area (Å²) in [5, 5.41) is 30.3. The van der Waals surface area contributed by atoms with Crippen molar-refractivity contribution in [1.29, 1.82) is 0 Å². The Hall–Kier alpha value is -2.93. The first-order valence-corrected chi connectivity index (χ1v) is 8.51. The molecular weight excluding hydrogens is 348 g/mol. The number of aromatic nitrogens is 3. The van der Waals surface area contributed by atoms with Gasteiger partial charge in [-0.15, -0.1) is 0 Å². The van der Waals surface area contributed by atoms with E-state index in [1.54, 1.807) is 6.07 Å². The molecular formula is C19H20N4O2S. The van der Waals surface area contributed by atoms with Crippen LogP contribution in [0.25, 0.3) is 11.4 Å². The summed E-state index contributed by atoms with van der Waals surface area (Å²) in [6.45, 7) is 6.49. The van der Waals surface area contributed by atoms with Crippen LogP contribution in [-0.2, 0) is 5.41 Å². The fourth-order valence-corrected chi connectivity index (χ4v) is 2.63. The van der Waals surface area contributed by atoms with Gasteiger partial charge < -0.3 is 10.2 Å². The van der Waals surface area contributed by atoms with Crippen LogP contribution in [0.5, 0.6) is 11.5 Å². The summed E-state index contributed by atoms with van der Waals surface area (Å²) >= 11 is 5.26. The highest BCUT2D eigenvalue weighted by molar-refractivity contribution is 7.71. The number of phenols is 2. The van der Waals surface area contributed by atoms with E-state index >= 15 is 0 Å². The summed E-state index contributed by atoms with van der Waals surface area (Å²) < 4.78 is 1.88. The topological polar surface area (TPSA) is 86.4 Å². The zero-order valence-electron chi connectivity index (χ0n) is 14.8. The van der Waals surface area contributed by atoms with Gasteiger partial charge in [-0.1, -0.05) is 45.0 Å². The Morgan fingerprint density at radius 3 is 2.38 bits per heavy atom. The SMILES string of the molecule is CC(C)(C)c1ccc(-c2n[nH]c(=S)n2N=Cc2ccc(O)c(O)c2)cc1. The first-order valence-electron chi connectivity index (χ1n) is 8.10. The van der Waals surface area contributed by atoms with E-state index in [-0.39, 0.29) is 16.9 Å². The maximum absolute atomic E-state index is 9.58. The molecule has 0 unspecified atom stereocenters. The summed E-state index contributed by atoms with van der Waals surface area (Å²) in [6, 6.07) is 12.6. The van der Waals surface area contributed by atoms with Crippen LogP contribution >= 0.6 is 12.2 Å². The molecule has 3 N–H and O–H groups in total. The van der Waals surface area contributed by atoms with E-state index in [1.165, 1.54) is 28.6 Å². The van der Waals surface area contributed by atoms with Crippen LogP contribution in [0.3, 0.4) is 0 Å². The molecule has 0 amide bonds. The van der Waals surface area contributed by atoms with Gasteiger partial charge in [0.25, 0.3) is 0 Å². The van der Waals surface area contributed by atoms with E-state index in [0.717, 1.165) is 5.56 Å². The number of benzene rings is 2. The van der Waals surface area contributed by atoms with Crippen LogP contribution in [0.4, 0.5) is 0 Å². The number of nitrogens with one attached hydrogen (secondary N) is 1. The van der Waals surface area contributed by atoms with E-state index in [9.17, 15) is 10.2 Å². The summed E-state index contributed by atoms with van der Waals surface area (Å²) in [4.78, 5) is 0. The number of aromatic hydroxyl groups is 2. The molecule has 3 aromatic rings. The molecule has 0 fully saturated rings. The zero-order chi connectivity index (χ0) is 18.9. The minimum absolute atomic E-state index is 0.0717. The van der Waals surface area contributed by atoms with E-state index in [1.807, 2.05) is 12.1 Å². The number of nitrogens with zero attached hydrogens (tertiary/aromatic N) is 3. The minimum Gasteiger partial charge on any atom is -0.504 e. The van der Waals surface area contributed by atoms with Crippen molar-refractivity contribution in [3.05, 3.63) is 58.4 Å². The summed E-state index contributed by atoms with van der Waals surface area (Å²) in [7, 11) is 0. The lowest BCUT2D eigenvalue weighted by Gasteiger charge is -2.18. The van der Waals surface area contributed by atoms with Gasteiger partial charge in [0.2, 0.25) is 4.77 Å². The third kappa shape index (κ3) is 3.67. The quantitative estimate of drug-likeness (QED) is 0.367.